The average molecular weight is 196 g/mol. The maximum absolute atomic E-state index is 10.7. The molecule has 0 aromatic rings. The molecule has 1 nitrogen and oxygen atoms in total. The van der Waals surface area contributed by atoms with Crippen LogP contribution in [0.25, 0.3) is 0 Å². The Hall–Kier alpha value is -0.0400. The van der Waals surface area contributed by atoms with E-state index < -0.39 is 5.60 Å². The van der Waals surface area contributed by atoms with Crippen LogP contribution in [0.1, 0.15) is 53.9 Å². The molecule has 0 unspecified atom stereocenters. The van der Waals surface area contributed by atoms with Crippen LogP contribution in [0.4, 0.5) is 0 Å². The van der Waals surface area contributed by atoms with E-state index in [2.05, 4.69) is 34.6 Å². The SMILES string of the molecule is CC[C@H]1[C@H]2CC[C@](C)(C2(C)C)[C@]1(C)O. The molecule has 2 aliphatic rings. The van der Waals surface area contributed by atoms with Crippen LogP contribution in [0.15, 0.2) is 0 Å². The molecule has 2 aliphatic carbocycles. The Bertz CT molecular complexity index is 254. The molecule has 0 aromatic heterocycles. The van der Waals surface area contributed by atoms with Crippen molar-refractivity contribution < 1.29 is 5.11 Å². The number of hydrogen-bond acceptors (Lipinski definition) is 1. The van der Waals surface area contributed by atoms with E-state index in [1.165, 1.54) is 12.8 Å². The number of rotatable bonds is 1. The Balaban J connectivity index is 2.49. The van der Waals surface area contributed by atoms with Gasteiger partial charge in [-0.2, -0.15) is 0 Å². The minimum atomic E-state index is -0.450. The van der Waals surface area contributed by atoms with Gasteiger partial charge in [0, 0.05) is 5.41 Å². The van der Waals surface area contributed by atoms with Crippen LogP contribution in [-0.2, 0) is 0 Å². The van der Waals surface area contributed by atoms with Crippen molar-refractivity contribution in [2.45, 2.75) is 59.5 Å². The van der Waals surface area contributed by atoms with Crippen molar-refractivity contribution >= 4 is 0 Å². The monoisotopic (exact) mass is 196 g/mol. The molecule has 1 N–H and O–H groups in total. The first-order valence-electron chi connectivity index (χ1n) is 6.01. The summed E-state index contributed by atoms with van der Waals surface area (Å²) < 4.78 is 0. The second kappa shape index (κ2) is 2.55. The predicted molar refractivity (Wildman–Crippen MR) is 59.0 cm³/mol. The van der Waals surface area contributed by atoms with Gasteiger partial charge in [0.2, 0.25) is 0 Å². The lowest BCUT2D eigenvalue weighted by atomic mass is 9.64. The van der Waals surface area contributed by atoms with Gasteiger partial charge in [-0.3, -0.25) is 0 Å². The number of hydrogen-bond donors (Lipinski definition) is 1. The van der Waals surface area contributed by atoms with Gasteiger partial charge in [-0.15, -0.1) is 0 Å². The van der Waals surface area contributed by atoms with Gasteiger partial charge < -0.3 is 5.11 Å². The molecule has 1 heteroatoms. The van der Waals surface area contributed by atoms with E-state index in [1.54, 1.807) is 0 Å². The normalized spacial score (nSPS) is 55.3. The number of aliphatic hydroxyl groups is 1. The maximum Gasteiger partial charge on any atom is 0.0709 e. The summed E-state index contributed by atoms with van der Waals surface area (Å²) >= 11 is 0. The molecule has 0 amide bonds. The summed E-state index contributed by atoms with van der Waals surface area (Å²) in [6.07, 6.45) is 3.64. The molecule has 0 aromatic carbocycles. The Morgan fingerprint density at radius 1 is 1.21 bits per heavy atom. The second-order valence-corrected chi connectivity index (χ2v) is 6.36. The zero-order valence-electron chi connectivity index (χ0n) is 10.2. The van der Waals surface area contributed by atoms with Crippen LogP contribution >= 0.6 is 0 Å². The van der Waals surface area contributed by atoms with E-state index in [0.717, 1.165) is 12.3 Å². The van der Waals surface area contributed by atoms with Crippen LogP contribution in [0.3, 0.4) is 0 Å². The van der Waals surface area contributed by atoms with Gasteiger partial charge in [-0.1, -0.05) is 34.1 Å². The minimum absolute atomic E-state index is 0.130. The zero-order chi connectivity index (χ0) is 10.8. The smallest absolute Gasteiger partial charge is 0.0709 e. The molecule has 2 bridgehead atoms. The van der Waals surface area contributed by atoms with Crippen molar-refractivity contribution in [2.24, 2.45) is 22.7 Å². The first-order chi connectivity index (χ1) is 6.29. The van der Waals surface area contributed by atoms with Gasteiger partial charge in [-0.25, -0.2) is 0 Å². The second-order valence-electron chi connectivity index (χ2n) is 6.36. The Morgan fingerprint density at radius 2 is 1.79 bits per heavy atom. The van der Waals surface area contributed by atoms with E-state index in [9.17, 15) is 5.11 Å². The topological polar surface area (TPSA) is 20.2 Å². The van der Waals surface area contributed by atoms with E-state index in [4.69, 9.17) is 0 Å². The van der Waals surface area contributed by atoms with Crippen LogP contribution < -0.4 is 0 Å². The molecule has 2 saturated carbocycles. The third-order valence-electron chi connectivity index (χ3n) is 6.07. The molecule has 0 saturated heterocycles. The summed E-state index contributed by atoms with van der Waals surface area (Å²) in [7, 11) is 0. The van der Waals surface area contributed by atoms with Crippen LogP contribution in [-0.4, -0.2) is 10.7 Å². The first kappa shape index (κ1) is 10.5. The molecule has 4 atom stereocenters. The fourth-order valence-corrected chi connectivity index (χ4v) is 4.63. The Morgan fingerprint density at radius 3 is 2.07 bits per heavy atom. The molecule has 0 spiro atoms. The van der Waals surface area contributed by atoms with E-state index in [1.807, 2.05) is 0 Å². The molecule has 0 radical (unpaired) electrons. The van der Waals surface area contributed by atoms with E-state index >= 15 is 0 Å². The lowest BCUT2D eigenvalue weighted by Gasteiger charge is -2.45. The summed E-state index contributed by atoms with van der Waals surface area (Å²) in [4.78, 5) is 0. The quantitative estimate of drug-likeness (QED) is 0.682. The highest BCUT2D eigenvalue weighted by molar-refractivity contribution is 5.19. The Kier molecular flexibility index (Phi) is 1.91. The van der Waals surface area contributed by atoms with E-state index in [-0.39, 0.29) is 5.41 Å². The molecule has 0 heterocycles. The van der Waals surface area contributed by atoms with E-state index in [0.29, 0.717) is 11.3 Å². The van der Waals surface area contributed by atoms with Crippen LogP contribution in [0.2, 0.25) is 0 Å². The third kappa shape index (κ3) is 0.816. The standard InChI is InChI=1S/C13H24O/c1-6-9-10-7-8-12(4,11(10,2)3)13(9,5)14/h9-10,14H,6-8H2,1-5H3/t9-,10+,12+,13+/m0/s1. The highest BCUT2D eigenvalue weighted by Gasteiger charge is 2.70. The lowest BCUT2D eigenvalue weighted by molar-refractivity contribution is -0.104. The molecule has 2 fully saturated rings. The van der Waals surface area contributed by atoms with Gasteiger partial charge in [0.05, 0.1) is 5.60 Å². The summed E-state index contributed by atoms with van der Waals surface area (Å²) in [6, 6.07) is 0. The van der Waals surface area contributed by atoms with Gasteiger partial charge >= 0.3 is 0 Å². The molecule has 2 rings (SSSR count). The van der Waals surface area contributed by atoms with Gasteiger partial charge in [0.15, 0.2) is 0 Å². The third-order valence-corrected chi connectivity index (χ3v) is 6.07. The predicted octanol–water partition coefficient (Wildman–Crippen LogP) is 3.22. The van der Waals surface area contributed by atoms with Crippen molar-refractivity contribution in [3.63, 3.8) is 0 Å². The van der Waals surface area contributed by atoms with Gasteiger partial charge in [-0.05, 0) is 37.0 Å². The fraction of sp³-hybridized carbons (Fsp3) is 1.00. The summed E-state index contributed by atoms with van der Waals surface area (Å²) in [5.41, 5.74) is -0.00329. The van der Waals surface area contributed by atoms with Crippen LogP contribution in [0.5, 0.6) is 0 Å². The molecule has 14 heavy (non-hydrogen) atoms. The highest BCUT2D eigenvalue weighted by atomic mass is 16.3. The van der Waals surface area contributed by atoms with Crippen molar-refractivity contribution in [1.29, 1.82) is 0 Å². The van der Waals surface area contributed by atoms with Gasteiger partial charge in [0.25, 0.3) is 0 Å². The summed E-state index contributed by atoms with van der Waals surface area (Å²) in [5, 5.41) is 10.7. The van der Waals surface area contributed by atoms with Crippen LogP contribution in [0, 0.1) is 22.7 Å². The summed E-state index contributed by atoms with van der Waals surface area (Å²) in [5.74, 6) is 1.24. The fourth-order valence-electron chi connectivity index (χ4n) is 4.63. The van der Waals surface area contributed by atoms with Crippen molar-refractivity contribution in [3.8, 4) is 0 Å². The zero-order valence-corrected chi connectivity index (χ0v) is 10.2. The van der Waals surface area contributed by atoms with Crippen molar-refractivity contribution in [2.75, 3.05) is 0 Å². The van der Waals surface area contributed by atoms with Gasteiger partial charge in [0.1, 0.15) is 0 Å². The molecular weight excluding hydrogens is 172 g/mol. The van der Waals surface area contributed by atoms with Crippen molar-refractivity contribution in [3.05, 3.63) is 0 Å². The first-order valence-corrected chi connectivity index (χ1v) is 6.01. The highest BCUT2D eigenvalue weighted by Crippen LogP contribution is 2.72. The number of fused-ring (bicyclic) bond motifs is 2. The molecule has 0 aliphatic heterocycles. The van der Waals surface area contributed by atoms with Crippen molar-refractivity contribution in [1.82, 2.24) is 0 Å². The minimum Gasteiger partial charge on any atom is -0.389 e. The molecular formula is C13H24O. The maximum atomic E-state index is 10.7. The average Bonchev–Trinajstić information content (AvgIpc) is 2.34. The largest absolute Gasteiger partial charge is 0.389 e. The Labute approximate surface area is 87.9 Å². The molecule has 82 valence electrons. The lowest BCUT2D eigenvalue weighted by Crippen LogP contribution is -2.48. The summed E-state index contributed by atoms with van der Waals surface area (Å²) in [6.45, 7) is 11.3.